The van der Waals surface area contributed by atoms with E-state index in [1.165, 1.54) is 34.2 Å². The smallest absolute Gasteiger partial charge is 0.264 e. The molecule has 32 heavy (non-hydrogen) atoms. The number of aromatic nitrogens is 5. The van der Waals surface area contributed by atoms with Crippen LogP contribution in [0.25, 0.3) is 11.8 Å². The van der Waals surface area contributed by atoms with E-state index in [0.717, 1.165) is 16.8 Å². The van der Waals surface area contributed by atoms with Gasteiger partial charge in [0.05, 0.1) is 29.2 Å². The van der Waals surface area contributed by atoms with Gasteiger partial charge in [-0.3, -0.25) is 9.48 Å². The number of hydrogen-bond acceptors (Lipinski definition) is 6. The zero-order valence-corrected chi connectivity index (χ0v) is 18.4. The molecule has 9 nitrogen and oxygen atoms in total. The molecule has 0 amide bonds. The number of fused-ring (bicyclic) bond motifs is 2. The fourth-order valence-electron chi connectivity index (χ4n) is 4.55. The van der Waals surface area contributed by atoms with Gasteiger partial charge in [-0.25, -0.2) is 17.5 Å². The Hall–Kier alpha value is -3.18. The molecule has 5 rings (SSSR count). The lowest BCUT2D eigenvalue weighted by Crippen LogP contribution is -2.52. The number of carbonyl (C=O) groups excluding carboxylic acids is 1. The molecule has 0 bridgehead atoms. The number of benzene rings is 1. The summed E-state index contributed by atoms with van der Waals surface area (Å²) in [6.07, 6.45) is 5.73. The summed E-state index contributed by atoms with van der Waals surface area (Å²) in [7, 11) is -2.28. The molecule has 1 saturated heterocycles. The van der Waals surface area contributed by atoms with Crippen molar-refractivity contribution in [3.8, 4) is 5.69 Å². The van der Waals surface area contributed by atoms with Crippen LogP contribution < -0.4 is 0 Å². The lowest BCUT2D eigenvalue weighted by Gasteiger charge is -2.44. The van der Waals surface area contributed by atoms with Crippen LogP contribution in [0.4, 0.5) is 4.39 Å². The largest absolute Gasteiger partial charge is 0.299 e. The van der Waals surface area contributed by atoms with Gasteiger partial charge in [-0.05, 0) is 55.7 Å². The molecule has 11 heteroatoms. The Kier molecular flexibility index (Phi) is 4.64. The van der Waals surface area contributed by atoms with E-state index in [1.54, 1.807) is 30.1 Å². The molecule has 1 aliphatic heterocycles. The van der Waals surface area contributed by atoms with Gasteiger partial charge in [-0.2, -0.15) is 9.40 Å². The second-order valence-electron chi connectivity index (χ2n) is 8.25. The molecule has 1 aliphatic carbocycles. The summed E-state index contributed by atoms with van der Waals surface area (Å²) in [6.45, 7) is 1.77. The number of ketones is 1. The Morgan fingerprint density at radius 3 is 2.62 bits per heavy atom. The maximum absolute atomic E-state index is 13.3. The Morgan fingerprint density at radius 2 is 1.97 bits per heavy atom. The SMILES string of the molecule is CC(=O)[C@]12Cc3cnn(-c4ccc(F)cc4)c3C=C1CCN(S(=O)(=O)c1cn(C)nn1)C2. The first-order valence-corrected chi connectivity index (χ1v) is 11.6. The van der Waals surface area contributed by atoms with E-state index in [9.17, 15) is 17.6 Å². The molecule has 1 atom stereocenters. The number of sulfonamides is 1. The van der Waals surface area contributed by atoms with Gasteiger partial charge in [0.2, 0.25) is 5.03 Å². The molecule has 0 spiro atoms. The second-order valence-corrected chi connectivity index (χ2v) is 10.1. The van der Waals surface area contributed by atoms with Crippen LogP contribution in [0.15, 0.2) is 47.3 Å². The highest BCUT2D eigenvalue weighted by Crippen LogP contribution is 2.45. The standard InChI is InChI=1S/C21H21FN6O3S/c1-14(29)21-10-15-11-23-28(18-5-3-17(22)4-6-18)19(15)9-16(21)7-8-27(13-21)32(30,31)20-12-26(2)25-24-20/h3-6,9,11-12H,7-8,10,13H2,1-2H3/t21-/m1/s1. The highest BCUT2D eigenvalue weighted by molar-refractivity contribution is 7.89. The molecule has 0 unspecified atom stereocenters. The lowest BCUT2D eigenvalue weighted by atomic mass is 9.66. The van der Waals surface area contributed by atoms with E-state index in [0.29, 0.717) is 18.5 Å². The molecule has 2 aliphatic rings. The summed E-state index contributed by atoms with van der Waals surface area (Å²) in [5.74, 6) is -0.427. The Morgan fingerprint density at radius 1 is 1.22 bits per heavy atom. The van der Waals surface area contributed by atoms with E-state index in [-0.39, 0.29) is 29.7 Å². The number of rotatable bonds is 4. The van der Waals surface area contributed by atoms with Crippen molar-refractivity contribution in [2.45, 2.75) is 24.8 Å². The van der Waals surface area contributed by atoms with Gasteiger partial charge >= 0.3 is 0 Å². The quantitative estimate of drug-likeness (QED) is 0.593. The number of piperidine rings is 1. The third-order valence-electron chi connectivity index (χ3n) is 6.31. The highest BCUT2D eigenvalue weighted by atomic mass is 32.2. The zero-order chi connectivity index (χ0) is 22.7. The van der Waals surface area contributed by atoms with E-state index < -0.39 is 15.4 Å². The number of aryl methyl sites for hydroxylation is 1. The summed E-state index contributed by atoms with van der Waals surface area (Å²) in [5.41, 5.74) is 2.30. The van der Waals surface area contributed by atoms with Gasteiger partial charge in [0.15, 0.2) is 0 Å². The van der Waals surface area contributed by atoms with Gasteiger partial charge < -0.3 is 0 Å². The van der Waals surface area contributed by atoms with Crippen LogP contribution >= 0.6 is 0 Å². The Bertz CT molecular complexity index is 1360. The monoisotopic (exact) mass is 456 g/mol. The number of hydrogen-bond donors (Lipinski definition) is 0. The Labute approximate surface area is 184 Å². The van der Waals surface area contributed by atoms with Crippen LogP contribution in [-0.2, 0) is 28.3 Å². The van der Waals surface area contributed by atoms with Crippen LogP contribution in [-0.4, -0.2) is 56.4 Å². The van der Waals surface area contributed by atoms with Crippen LogP contribution in [0.1, 0.15) is 24.6 Å². The minimum absolute atomic E-state index is 0.0360. The van der Waals surface area contributed by atoms with Crippen molar-refractivity contribution >= 4 is 21.9 Å². The van der Waals surface area contributed by atoms with Crippen molar-refractivity contribution in [3.05, 3.63) is 59.3 Å². The fraction of sp³-hybridized carbons (Fsp3) is 0.333. The molecule has 0 saturated carbocycles. The molecular formula is C21H21FN6O3S. The average molecular weight is 457 g/mol. The molecule has 3 heterocycles. The molecule has 0 radical (unpaired) electrons. The summed E-state index contributed by atoms with van der Waals surface area (Å²) in [6, 6.07) is 6.03. The highest BCUT2D eigenvalue weighted by Gasteiger charge is 2.49. The molecule has 1 aromatic carbocycles. The van der Waals surface area contributed by atoms with Gasteiger partial charge in [0.1, 0.15) is 11.6 Å². The minimum Gasteiger partial charge on any atom is -0.299 e. The first-order chi connectivity index (χ1) is 15.2. The van der Waals surface area contributed by atoms with Crippen LogP contribution in [0, 0.1) is 11.2 Å². The van der Waals surface area contributed by atoms with E-state index >= 15 is 0 Å². The first kappa shape index (κ1) is 20.7. The predicted octanol–water partition coefficient (Wildman–Crippen LogP) is 1.75. The van der Waals surface area contributed by atoms with Crippen molar-refractivity contribution < 1.29 is 17.6 Å². The van der Waals surface area contributed by atoms with Gasteiger partial charge in [-0.15, -0.1) is 5.10 Å². The summed E-state index contributed by atoms with van der Waals surface area (Å²) >= 11 is 0. The van der Waals surface area contributed by atoms with E-state index in [4.69, 9.17) is 0 Å². The third kappa shape index (κ3) is 3.11. The Balaban J connectivity index is 1.54. The topological polar surface area (TPSA) is 103 Å². The summed E-state index contributed by atoms with van der Waals surface area (Å²) in [4.78, 5) is 12.9. The average Bonchev–Trinajstić information content (AvgIpc) is 3.38. The molecular weight excluding hydrogens is 435 g/mol. The molecule has 0 N–H and O–H groups in total. The van der Waals surface area contributed by atoms with E-state index in [1.807, 2.05) is 6.08 Å². The molecule has 2 aromatic heterocycles. The minimum atomic E-state index is -3.88. The van der Waals surface area contributed by atoms with Crippen molar-refractivity contribution in [2.75, 3.05) is 13.1 Å². The molecule has 3 aromatic rings. The van der Waals surface area contributed by atoms with Crippen molar-refractivity contribution in [1.29, 1.82) is 0 Å². The number of nitrogens with zero attached hydrogens (tertiary/aromatic N) is 6. The zero-order valence-electron chi connectivity index (χ0n) is 17.6. The maximum atomic E-state index is 13.3. The number of Topliss-reactive ketones (excluding diaryl/α,β-unsaturated/α-hetero) is 1. The van der Waals surface area contributed by atoms with Gasteiger partial charge in [-0.1, -0.05) is 10.8 Å². The van der Waals surface area contributed by atoms with E-state index in [2.05, 4.69) is 15.4 Å². The van der Waals surface area contributed by atoms with Crippen molar-refractivity contribution in [3.63, 3.8) is 0 Å². The van der Waals surface area contributed by atoms with Crippen molar-refractivity contribution in [2.24, 2.45) is 12.5 Å². The number of carbonyl (C=O) groups is 1. The van der Waals surface area contributed by atoms with Crippen LogP contribution in [0.5, 0.6) is 0 Å². The fourth-order valence-corrected chi connectivity index (χ4v) is 5.96. The van der Waals surface area contributed by atoms with Crippen molar-refractivity contribution in [1.82, 2.24) is 29.1 Å². The van der Waals surface area contributed by atoms with Gasteiger partial charge in [0.25, 0.3) is 10.0 Å². The third-order valence-corrected chi connectivity index (χ3v) is 8.02. The van der Waals surface area contributed by atoms with Gasteiger partial charge in [0, 0.05) is 20.1 Å². The lowest BCUT2D eigenvalue weighted by molar-refractivity contribution is -0.125. The molecule has 1 fully saturated rings. The van der Waals surface area contributed by atoms with Crippen LogP contribution in [0.2, 0.25) is 0 Å². The van der Waals surface area contributed by atoms with Crippen LogP contribution in [0.3, 0.4) is 0 Å². The predicted molar refractivity (Wildman–Crippen MR) is 113 cm³/mol. The second kappa shape index (κ2) is 7.17. The first-order valence-electron chi connectivity index (χ1n) is 10.1. The normalized spacial score (nSPS) is 21.0. The number of halogens is 1. The maximum Gasteiger partial charge on any atom is 0.264 e. The summed E-state index contributed by atoms with van der Waals surface area (Å²) in [5, 5.41) is 11.8. The molecule has 166 valence electrons. The summed E-state index contributed by atoms with van der Waals surface area (Å²) < 4.78 is 44.0.